The molecule has 1 heterocycles. The lowest BCUT2D eigenvalue weighted by Gasteiger charge is -2.36. The number of carbonyl (C=O) groups excluding carboxylic acids is 1. The fraction of sp³-hybridized carbons (Fsp3) is 0.409. The Kier molecular flexibility index (Phi) is 5.50. The van der Waals surface area contributed by atoms with Crippen LogP contribution in [-0.2, 0) is 4.79 Å². The summed E-state index contributed by atoms with van der Waals surface area (Å²) in [5.41, 5.74) is 2.09. The fourth-order valence-electron chi connectivity index (χ4n) is 3.94. The molecule has 1 saturated heterocycles. The van der Waals surface area contributed by atoms with Crippen molar-refractivity contribution in [2.24, 2.45) is 5.92 Å². The molecule has 27 heavy (non-hydrogen) atoms. The largest absolute Gasteiger partial charge is 0.348 e. The summed E-state index contributed by atoms with van der Waals surface area (Å²) in [6, 6.07) is 17.0. The van der Waals surface area contributed by atoms with Gasteiger partial charge in [0.15, 0.2) is 0 Å². The molecule has 4 nitrogen and oxygen atoms in total. The molecule has 5 heteroatoms. The molecule has 2 atom stereocenters. The van der Waals surface area contributed by atoms with Crippen LogP contribution in [0.5, 0.6) is 0 Å². The van der Waals surface area contributed by atoms with Gasteiger partial charge in [-0.2, -0.15) is 0 Å². The van der Waals surface area contributed by atoms with Crippen molar-refractivity contribution in [3.63, 3.8) is 0 Å². The van der Waals surface area contributed by atoms with Crippen molar-refractivity contribution in [2.75, 3.05) is 26.2 Å². The Morgan fingerprint density at radius 1 is 1.19 bits per heavy atom. The number of benzene rings is 2. The monoisotopic (exact) mass is 367 g/mol. The molecule has 2 unspecified atom stereocenters. The van der Waals surface area contributed by atoms with Crippen molar-refractivity contribution in [3.05, 3.63) is 71.5 Å². The van der Waals surface area contributed by atoms with Crippen LogP contribution in [0.4, 0.5) is 4.39 Å². The van der Waals surface area contributed by atoms with E-state index in [1.165, 1.54) is 24.5 Å². The van der Waals surface area contributed by atoms with Gasteiger partial charge in [-0.05, 0) is 42.0 Å². The van der Waals surface area contributed by atoms with E-state index in [4.69, 9.17) is 0 Å². The van der Waals surface area contributed by atoms with Crippen molar-refractivity contribution >= 4 is 5.91 Å². The fourth-order valence-corrected chi connectivity index (χ4v) is 3.94. The van der Waals surface area contributed by atoms with Gasteiger partial charge in [0.05, 0.1) is 12.6 Å². The summed E-state index contributed by atoms with van der Waals surface area (Å²) in [4.78, 5) is 15.0. The molecular weight excluding hydrogens is 341 g/mol. The highest BCUT2D eigenvalue weighted by Crippen LogP contribution is 2.41. The zero-order valence-electron chi connectivity index (χ0n) is 15.4. The van der Waals surface area contributed by atoms with Crippen molar-refractivity contribution in [2.45, 2.75) is 24.9 Å². The lowest BCUT2D eigenvalue weighted by atomic mass is 10.0. The molecule has 2 aromatic carbocycles. The summed E-state index contributed by atoms with van der Waals surface area (Å²) in [7, 11) is 0. The molecule has 1 saturated carbocycles. The number of piperazine rings is 1. The smallest absolute Gasteiger partial charge is 0.234 e. The molecule has 142 valence electrons. The van der Waals surface area contributed by atoms with Crippen LogP contribution in [0, 0.1) is 11.7 Å². The van der Waals surface area contributed by atoms with Crippen LogP contribution in [0.25, 0.3) is 0 Å². The number of nitrogens with zero attached hydrogens (tertiary/aromatic N) is 1. The van der Waals surface area contributed by atoms with E-state index in [1.54, 1.807) is 12.1 Å². The van der Waals surface area contributed by atoms with Gasteiger partial charge in [-0.25, -0.2) is 4.39 Å². The van der Waals surface area contributed by atoms with E-state index in [9.17, 15) is 9.18 Å². The first-order valence-electron chi connectivity index (χ1n) is 9.75. The number of nitrogens with one attached hydrogen (secondary N) is 2. The standard InChI is InChI=1S/C22H26FN3O/c23-19-8-4-7-18(13-19)20-14-24-11-12-26(20)15-21(27)25-22(17-9-10-17)16-5-2-1-3-6-16/h1-8,13,17,20,22,24H,9-12,14-15H2,(H,25,27). The van der Waals surface area contributed by atoms with Gasteiger partial charge in [0, 0.05) is 25.7 Å². The second kappa shape index (κ2) is 8.19. The molecular formula is C22H26FN3O. The average molecular weight is 367 g/mol. The molecule has 4 rings (SSSR count). The number of halogens is 1. The number of carbonyl (C=O) groups is 1. The molecule has 2 N–H and O–H groups in total. The second-order valence-electron chi connectivity index (χ2n) is 7.54. The number of hydrogen-bond donors (Lipinski definition) is 2. The lowest BCUT2D eigenvalue weighted by Crippen LogP contribution is -2.50. The zero-order valence-corrected chi connectivity index (χ0v) is 15.4. The maximum absolute atomic E-state index is 13.6. The van der Waals surface area contributed by atoms with Crippen LogP contribution in [0.3, 0.4) is 0 Å². The minimum Gasteiger partial charge on any atom is -0.348 e. The van der Waals surface area contributed by atoms with Gasteiger partial charge in [0.25, 0.3) is 0 Å². The maximum Gasteiger partial charge on any atom is 0.234 e. The van der Waals surface area contributed by atoms with Crippen molar-refractivity contribution < 1.29 is 9.18 Å². The highest BCUT2D eigenvalue weighted by molar-refractivity contribution is 5.78. The van der Waals surface area contributed by atoms with E-state index in [2.05, 4.69) is 27.7 Å². The quantitative estimate of drug-likeness (QED) is 0.825. The van der Waals surface area contributed by atoms with Gasteiger partial charge in [0.1, 0.15) is 5.82 Å². The molecule has 1 aliphatic carbocycles. The van der Waals surface area contributed by atoms with E-state index in [0.29, 0.717) is 12.5 Å². The first-order chi connectivity index (χ1) is 13.2. The Balaban J connectivity index is 1.44. The first-order valence-corrected chi connectivity index (χ1v) is 9.75. The minimum atomic E-state index is -0.236. The summed E-state index contributed by atoms with van der Waals surface area (Å²) in [6.07, 6.45) is 2.33. The van der Waals surface area contributed by atoms with Crippen LogP contribution in [0.1, 0.15) is 36.1 Å². The van der Waals surface area contributed by atoms with Gasteiger partial charge in [0.2, 0.25) is 5.91 Å². The van der Waals surface area contributed by atoms with Crippen molar-refractivity contribution in [1.29, 1.82) is 0 Å². The highest BCUT2D eigenvalue weighted by Gasteiger charge is 2.34. The van der Waals surface area contributed by atoms with Crippen molar-refractivity contribution in [3.8, 4) is 0 Å². The molecule has 2 aromatic rings. The van der Waals surface area contributed by atoms with Crippen LogP contribution >= 0.6 is 0 Å². The topological polar surface area (TPSA) is 44.4 Å². The molecule has 2 fully saturated rings. The van der Waals surface area contributed by atoms with Crippen LogP contribution in [0.15, 0.2) is 54.6 Å². The second-order valence-corrected chi connectivity index (χ2v) is 7.54. The molecule has 1 amide bonds. The van der Waals surface area contributed by atoms with Gasteiger partial charge in [-0.15, -0.1) is 0 Å². The van der Waals surface area contributed by atoms with E-state index in [1.807, 2.05) is 24.3 Å². The Bertz CT molecular complexity index is 778. The van der Waals surface area contributed by atoms with Gasteiger partial charge >= 0.3 is 0 Å². The van der Waals surface area contributed by atoms with E-state index in [-0.39, 0.29) is 23.8 Å². The van der Waals surface area contributed by atoms with E-state index < -0.39 is 0 Å². The number of rotatable bonds is 6. The molecule has 0 spiro atoms. The van der Waals surface area contributed by atoms with E-state index in [0.717, 1.165) is 25.2 Å². The third-order valence-corrected chi connectivity index (χ3v) is 5.50. The Morgan fingerprint density at radius 2 is 2.00 bits per heavy atom. The summed E-state index contributed by atoms with van der Waals surface area (Å²) in [6.45, 7) is 2.66. The molecule has 1 aliphatic heterocycles. The molecule has 2 aliphatic rings. The minimum absolute atomic E-state index is 0.0105. The third kappa shape index (κ3) is 4.54. The maximum atomic E-state index is 13.6. The lowest BCUT2D eigenvalue weighted by molar-refractivity contribution is -0.124. The molecule has 0 radical (unpaired) electrons. The first kappa shape index (κ1) is 18.1. The molecule has 0 aromatic heterocycles. The summed E-state index contributed by atoms with van der Waals surface area (Å²) in [5.74, 6) is 0.345. The van der Waals surface area contributed by atoms with Gasteiger partial charge in [-0.3, -0.25) is 9.69 Å². The van der Waals surface area contributed by atoms with Crippen LogP contribution in [0.2, 0.25) is 0 Å². The van der Waals surface area contributed by atoms with Crippen LogP contribution < -0.4 is 10.6 Å². The highest BCUT2D eigenvalue weighted by atomic mass is 19.1. The molecule has 0 bridgehead atoms. The van der Waals surface area contributed by atoms with E-state index >= 15 is 0 Å². The Morgan fingerprint density at radius 3 is 2.74 bits per heavy atom. The van der Waals surface area contributed by atoms with Gasteiger partial charge < -0.3 is 10.6 Å². The average Bonchev–Trinajstić information content (AvgIpc) is 3.52. The predicted octanol–water partition coefficient (Wildman–Crippen LogP) is 3.04. The summed E-state index contributed by atoms with van der Waals surface area (Å²) >= 11 is 0. The number of amides is 1. The number of hydrogen-bond acceptors (Lipinski definition) is 3. The summed E-state index contributed by atoms with van der Waals surface area (Å²) < 4.78 is 13.6. The predicted molar refractivity (Wildman–Crippen MR) is 104 cm³/mol. The Hall–Kier alpha value is -2.24. The van der Waals surface area contributed by atoms with Gasteiger partial charge in [-0.1, -0.05) is 42.5 Å². The normalized spacial score (nSPS) is 21.6. The zero-order chi connectivity index (χ0) is 18.6. The van der Waals surface area contributed by atoms with Crippen LogP contribution in [-0.4, -0.2) is 37.0 Å². The Labute approximate surface area is 159 Å². The summed E-state index contributed by atoms with van der Waals surface area (Å²) in [5, 5.41) is 6.61. The SMILES string of the molecule is O=C(CN1CCNCC1c1cccc(F)c1)NC(c1ccccc1)C1CC1. The third-order valence-electron chi connectivity index (χ3n) is 5.50. The van der Waals surface area contributed by atoms with Crippen molar-refractivity contribution in [1.82, 2.24) is 15.5 Å².